The Bertz CT molecular complexity index is 1290. The van der Waals surface area contributed by atoms with Gasteiger partial charge in [-0.05, 0) is 42.7 Å². The lowest BCUT2D eigenvalue weighted by Gasteiger charge is -2.36. The van der Waals surface area contributed by atoms with Crippen molar-refractivity contribution in [2.75, 3.05) is 58.4 Å². The lowest BCUT2D eigenvalue weighted by molar-refractivity contribution is -0.116. The van der Waals surface area contributed by atoms with E-state index in [1.54, 1.807) is 43.5 Å². The molecule has 1 aliphatic heterocycles. The second-order valence-electron chi connectivity index (χ2n) is 10.4. The van der Waals surface area contributed by atoms with Gasteiger partial charge in [0.05, 0.1) is 19.0 Å². The first kappa shape index (κ1) is 29.6. The SMILES string of the molecule is COCCOc1ccc(CS(=O)(=O)N2CCN(/C(C=N)=C(\OCC3(C)CC3)C(=O)Nc3ccccc3)CC2)cc1. The van der Waals surface area contributed by atoms with Crippen molar-refractivity contribution in [2.45, 2.75) is 25.5 Å². The predicted octanol–water partition coefficient (Wildman–Crippen LogP) is 3.48. The summed E-state index contributed by atoms with van der Waals surface area (Å²) in [5.74, 6) is 0.183. The number of anilines is 1. The van der Waals surface area contributed by atoms with Gasteiger partial charge < -0.3 is 29.8 Å². The van der Waals surface area contributed by atoms with E-state index in [2.05, 4.69) is 12.2 Å². The average molecular weight is 571 g/mol. The summed E-state index contributed by atoms with van der Waals surface area (Å²) in [7, 11) is -1.96. The van der Waals surface area contributed by atoms with Crippen molar-refractivity contribution in [3.8, 4) is 5.75 Å². The molecule has 4 rings (SSSR count). The second kappa shape index (κ2) is 13.3. The molecule has 0 unspecified atom stereocenters. The first-order chi connectivity index (χ1) is 19.2. The quantitative estimate of drug-likeness (QED) is 0.154. The van der Waals surface area contributed by atoms with E-state index in [4.69, 9.17) is 19.6 Å². The molecule has 2 aromatic rings. The summed E-state index contributed by atoms with van der Waals surface area (Å²) >= 11 is 0. The monoisotopic (exact) mass is 570 g/mol. The number of carbonyl (C=O) groups is 1. The third-order valence-electron chi connectivity index (χ3n) is 7.08. The number of nitrogens with one attached hydrogen (secondary N) is 2. The van der Waals surface area contributed by atoms with Crippen LogP contribution in [0.5, 0.6) is 5.75 Å². The van der Waals surface area contributed by atoms with Gasteiger partial charge in [0.2, 0.25) is 15.8 Å². The lowest BCUT2D eigenvalue weighted by atomic mass is 10.2. The zero-order chi connectivity index (χ0) is 28.6. The first-order valence-corrected chi connectivity index (χ1v) is 15.0. The number of amides is 1. The maximum Gasteiger partial charge on any atom is 0.293 e. The number of rotatable bonds is 14. The van der Waals surface area contributed by atoms with E-state index in [-0.39, 0.29) is 30.0 Å². The fourth-order valence-electron chi connectivity index (χ4n) is 4.30. The second-order valence-corrected chi connectivity index (χ2v) is 12.4. The summed E-state index contributed by atoms with van der Waals surface area (Å²) in [6, 6.07) is 16.1. The number of ether oxygens (including phenoxy) is 3. The van der Waals surface area contributed by atoms with Crippen molar-refractivity contribution in [1.29, 1.82) is 5.41 Å². The molecule has 1 aliphatic carbocycles. The van der Waals surface area contributed by atoms with Gasteiger partial charge in [-0.3, -0.25) is 4.79 Å². The average Bonchev–Trinajstić information content (AvgIpc) is 3.69. The van der Waals surface area contributed by atoms with Gasteiger partial charge in [-0.25, -0.2) is 8.42 Å². The molecule has 40 heavy (non-hydrogen) atoms. The van der Waals surface area contributed by atoms with Crippen LogP contribution in [-0.2, 0) is 30.0 Å². The summed E-state index contributed by atoms with van der Waals surface area (Å²) in [5.41, 5.74) is 1.68. The third-order valence-corrected chi connectivity index (χ3v) is 8.93. The van der Waals surface area contributed by atoms with Crippen molar-refractivity contribution >= 4 is 27.8 Å². The molecular formula is C29H38N4O6S. The number of para-hydroxylation sites is 1. The summed E-state index contributed by atoms with van der Waals surface area (Å²) in [5, 5.41) is 11.0. The zero-order valence-electron chi connectivity index (χ0n) is 23.1. The smallest absolute Gasteiger partial charge is 0.293 e. The molecule has 0 aromatic heterocycles. The van der Waals surface area contributed by atoms with Crippen LogP contribution in [0.1, 0.15) is 25.3 Å². The fraction of sp³-hybridized carbons (Fsp3) is 0.448. The normalized spacial score (nSPS) is 17.5. The molecule has 2 aliphatic rings. The van der Waals surface area contributed by atoms with Crippen molar-refractivity contribution in [1.82, 2.24) is 9.21 Å². The fourth-order valence-corrected chi connectivity index (χ4v) is 5.82. The first-order valence-electron chi connectivity index (χ1n) is 13.4. The van der Waals surface area contributed by atoms with Gasteiger partial charge in [0.15, 0.2) is 0 Å². The van der Waals surface area contributed by atoms with Crippen LogP contribution in [0, 0.1) is 10.8 Å². The summed E-state index contributed by atoms with van der Waals surface area (Å²) < 4.78 is 44.4. The number of piperazine rings is 1. The molecular weight excluding hydrogens is 532 g/mol. The summed E-state index contributed by atoms with van der Waals surface area (Å²) in [6.45, 7) is 4.53. The minimum atomic E-state index is -3.56. The van der Waals surface area contributed by atoms with Crippen molar-refractivity contribution < 1.29 is 27.4 Å². The number of allylic oxidation sites excluding steroid dienone is 1. The Labute approximate surface area is 236 Å². The van der Waals surface area contributed by atoms with E-state index < -0.39 is 15.9 Å². The van der Waals surface area contributed by atoms with Gasteiger partial charge in [0, 0.05) is 50.6 Å². The number of hydrogen-bond acceptors (Lipinski definition) is 8. The van der Waals surface area contributed by atoms with E-state index in [0.29, 0.717) is 55.6 Å². The Balaban J connectivity index is 1.41. The Kier molecular flexibility index (Phi) is 9.83. The molecule has 2 aromatic carbocycles. The van der Waals surface area contributed by atoms with Gasteiger partial charge in [-0.1, -0.05) is 37.3 Å². The molecule has 0 bridgehead atoms. The standard InChI is InChI=1S/C29H38N4O6S/c1-29(12-13-29)22-39-27(28(34)31-24-6-4-3-5-7-24)26(20-30)32-14-16-33(17-15-32)40(35,36)21-23-8-10-25(11-9-23)38-19-18-37-2/h3-11,20,30H,12-19,21-22H2,1-2H3,(H,31,34)/b27-26-,30-20?. The van der Waals surface area contributed by atoms with E-state index in [9.17, 15) is 13.2 Å². The molecule has 0 spiro atoms. The highest BCUT2D eigenvalue weighted by atomic mass is 32.2. The molecule has 2 fully saturated rings. The largest absolute Gasteiger partial charge is 0.491 e. The number of sulfonamides is 1. The highest BCUT2D eigenvalue weighted by Crippen LogP contribution is 2.45. The van der Waals surface area contributed by atoms with E-state index in [1.807, 2.05) is 23.1 Å². The third kappa shape index (κ3) is 8.06. The lowest BCUT2D eigenvalue weighted by Crippen LogP contribution is -2.49. The highest BCUT2D eigenvalue weighted by molar-refractivity contribution is 7.88. The van der Waals surface area contributed by atoms with Crippen LogP contribution >= 0.6 is 0 Å². The van der Waals surface area contributed by atoms with Crippen molar-refractivity contribution in [3.63, 3.8) is 0 Å². The molecule has 0 atom stereocenters. The molecule has 10 nitrogen and oxygen atoms in total. The van der Waals surface area contributed by atoms with E-state index in [1.165, 1.54) is 4.31 Å². The van der Waals surface area contributed by atoms with Crippen LogP contribution in [0.2, 0.25) is 0 Å². The number of carbonyl (C=O) groups excluding carboxylic acids is 1. The maximum absolute atomic E-state index is 13.3. The Morgan fingerprint density at radius 3 is 2.30 bits per heavy atom. The van der Waals surface area contributed by atoms with Crippen LogP contribution in [0.15, 0.2) is 66.1 Å². The van der Waals surface area contributed by atoms with Crippen molar-refractivity contribution in [2.24, 2.45) is 5.41 Å². The Morgan fingerprint density at radius 1 is 1.02 bits per heavy atom. The van der Waals surface area contributed by atoms with Gasteiger partial charge in [0.25, 0.3) is 5.91 Å². The molecule has 1 saturated heterocycles. The minimum absolute atomic E-state index is 0.0342. The maximum atomic E-state index is 13.3. The van der Waals surface area contributed by atoms with Gasteiger partial charge in [-0.2, -0.15) is 4.31 Å². The summed E-state index contributed by atoms with van der Waals surface area (Å²) in [4.78, 5) is 15.1. The zero-order valence-corrected chi connectivity index (χ0v) is 23.9. The van der Waals surface area contributed by atoms with Crippen molar-refractivity contribution in [3.05, 3.63) is 71.6 Å². The summed E-state index contributed by atoms with van der Waals surface area (Å²) in [6.07, 6.45) is 3.18. The number of nitrogens with zero attached hydrogens (tertiary/aromatic N) is 2. The Morgan fingerprint density at radius 2 is 1.70 bits per heavy atom. The van der Waals surface area contributed by atoms with Crippen LogP contribution in [0.3, 0.4) is 0 Å². The minimum Gasteiger partial charge on any atom is -0.491 e. The van der Waals surface area contributed by atoms with Gasteiger partial charge >= 0.3 is 0 Å². The molecule has 2 N–H and O–H groups in total. The van der Waals surface area contributed by atoms with Crippen LogP contribution in [0.25, 0.3) is 0 Å². The van der Waals surface area contributed by atoms with Crippen LogP contribution in [0.4, 0.5) is 5.69 Å². The van der Waals surface area contributed by atoms with Gasteiger partial charge in [0.1, 0.15) is 18.1 Å². The Hall–Kier alpha value is -3.41. The molecule has 1 saturated carbocycles. The van der Waals surface area contributed by atoms with E-state index in [0.717, 1.165) is 19.1 Å². The number of benzene rings is 2. The molecule has 0 radical (unpaired) electrons. The number of hydrogen-bond donors (Lipinski definition) is 2. The molecule has 1 amide bonds. The number of methoxy groups -OCH3 is 1. The van der Waals surface area contributed by atoms with Crippen LogP contribution in [-0.4, -0.2) is 82.9 Å². The topological polar surface area (TPSA) is 121 Å². The predicted molar refractivity (Wildman–Crippen MR) is 154 cm³/mol. The highest BCUT2D eigenvalue weighted by Gasteiger charge is 2.39. The molecule has 11 heteroatoms. The van der Waals surface area contributed by atoms with Crippen LogP contribution < -0.4 is 10.1 Å². The van der Waals surface area contributed by atoms with Gasteiger partial charge in [-0.15, -0.1) is 0 Å². The van der Waals surface area contributed by atoms with E-state index >= 15 is 0 Å². The molecule has 1 heterocycles. The molecule has 216 valence electrons.